The van der Waals surface area contributed by atoms with E-state index in [-0.39, 0.29) is 18.2 Å². The number of benzene rings is 2. The number of amides is 1. The van der Waals surface area contributed by atoms with E-state index in [1.807, 2.05) is 36.4 Å². The van der Waals surface area contributed by atoms with E-state index in [0.717, 1.165) is 24.0 Å². The number of hydrogen-bond acceptors (Lipinski definition) is 7. The second kappa shape index (κ2) is 10.6. The third-order valence-corrected chi connectivity index (χ3v) is 8.33. The lowest BCUT2D eigenvalue weighted by Crippen LogP contribution is -2.76. The molecule has 8 nitrogen and oxygen atoms in total. The zero-order chi connectivity index (χ0) is 28.5. The molecule has 7 N–H and O–H groups in total. The maximum Gasteiger partial charge on any atom is 0.251 e. The number of nitrogens with zero attached hydrogens (tertiary/aromatic N) is 3. The second-order valence-corrected chi connectivity index (χ2v) is 10.7. The van der Waals surface area contributed by atoms with Crippen molar-refractivity contribution in [3.05, 3.63) is 101 Å². The highest BCUT2D eigenvalue weighted by molar-refractivity contribution is 5.95. The molecular weight excluding hydrogens is 505 g/mol. The van der Waals surface area contributed by atoms with Crippen LogP contribution in [0.25, 0.3) is 0 Å². The summed E-state index contributed by atoms with van der Waals surface area (Å²) in [6, 6.07) is 18.8. The fraction of sp³-hybridized carbons (Fsp3) is 0.323. The largest absolute Gasteiger partial charge is 0.367 e. The molecule has 1 fully saturated rings. The van der Waals surface area contributed by atoms with Gasteiger partial charge in [0.1, 0.15) is 23.5 Å². The van der Waals surface area contributed by atoms with E-state index >= 15 is 4.39 Å². The molecule has 1 aliphatic heterocycles. The van der Waals surface area contributed by atoms with Crippen LogP contribution in [0.15, 0.2) is 84.1 Å². The van der Waals surface area contributed by atoms with Crippen LogP contribution in [0.4, 0.5) is 10.1 Å². The van der Waals surface area contributed by atoms with Crippen LogP contribution in [0.1, 0.15) is 48.3 Å². The summed E-state index contributed by atoms with van der Waals surface area (Å²) in [7, 11) is 0. The number of rotatable bonds is 9. The van der Waals surface area contributed by atoms with Crippen molar-refractivity contribution in [3.63, 3.8) is 0 Å². The SMILES string of the molecule is N#CC1=CC(C(N)=O)(C2(N)C=CC=C(CCC(c3ccc(C#N)cc3)C3CC3)C2F)N(c2cccc(CN)c2)N1. The number of carbonyl (C=O) groups is 1. The number of hydrogen-bond donors (Lipinski definition) is 4. The van der Waals surface area contributed by atoms with Gasteiger partial charge in [-0.15, -0.1) is 0 Å². The molecule has 4 unspecified atom stereocenters. The van der Waals surface area contributed by atoms with Gasteiger partial charge in [-0.3, -0.25) is 15.2 Å². The number of hydrazine groups is 1. The first kappa shape index (κ1) is 27.1. The van der Waals surface area contributed by atoms with E-state index in [1.165, 1.54) is 17.2 Å². The number of nitrogens with one attached hydrogen (secondary N) is 1. The molecule has 1 saturated carbocycles. The molecular formula is C31H32FN7O. The van der Waals surface area contributed by atoms with Gasteiger partial charge in [0.25, 0.3) is 5.91 Å². The van der Waals surface area contributed by atoms with Crippen molar-refractivity contribution >= 4 is 11.6 Å². The topological polar surface area (TPSA) is 158 Å². The lowest BCUT2D eigenvalue weighted by atomic mass is 9.68. The van der Waals surface area contributed by atoms with Gasteiger partial charge < -0.3 is 17.2 Å². The number of halogens is 1. The minimum atomic E-state index is -1.93. The summed E-state index contributed by atoms with van der Waals surface area (Å²) in [5.74, 6) is -0.165. The molecule has 204 valence electrons. The number of nitrogens with two attached hydrogens (primary N) is 3. The lowest BCUT2D eigenvalue weighted by molar-refractivity contribution is -0.123. The van der Waals surface area contributed by atoms with Crippen molar-refractivity contribution in [2.45, 2.75) is 55.4 Å². The highest BCUT2D eigenvalue weighted by atomic mass is 19.1. The van der Waals surface area contributed by atoms with Crippen molar-refractivity contribution in [3.8, 4) is 12.1 Å². The van der Waals surface area contributed by atoms with Crippen LogP contribution >= 0.6 is 0 Å². The minimum absolute atomic E-state index is 0.0353. The van der Waals surface area contributed by atoms with Crippen molar-refractivity contribution in [2.75, 3.05) is 5.01 Å². The highest BCUT2D eigenvalue weighted by Crippen LogP contribution is 2.48. The molecule has 0 saturated heterocycles. The molecule has 2 aromatic rings. The molecule has 4 atom stereocenters. The van der Waals surface area contributed by atoms with Gasteiger partial charge in [0, 0.05) is 6.54 Å². The molecule has 2 aliphatic carbocycles. The highest BCUT2D eigenvalue weighted by Gasteiger charge is 2.63. The van der Waals surface area contributed by atoms with Gasteiger partial charge in [-0.2, -0.15) is 10.5 Å². The van der Waals surface area contributed by atoms with Crippen LogP contribution in [0.2, 0.25) is 0 Å². The van der Waals surface area contributed by atoms with E-state index in [0.29, 0.717) is 35.6 Å². The average molecular weight is 538 g/mol. The van der Waals surface area contributed by atoms with Crippen molar-refractivity contribution < 1.29 is 9.18 Å². The third-order valence-electron chi connectivity index (χ3n) is 8.33. The Balaban J connectivity index is 1.47. The summed E-state index contributed by atoms with van der Waals surface area (Å²) >= 11 is 0. The summed E-state index contributed by atoms with van der Waals surface area (Å²) in [4.78, 5) is 13.3. The fourth-order valence-electron chi connectivity index (χ4n) is 6.01. The Hall–Kier alpha value is -4.44. The lowest BCUT2D eigenvalue weighted by Gasteiger charge is -2.49. The molecule has 0 spiro atoms. The number of nitriles is 2. The quantitative estimate of drug-likeness (QED) is 0.381. The number of anilines is 1. The van der Waals surface area contributed by atoms with Gasteiger partial charge in [-0.05, 0) is 84.6 Å². The second-order valence-electron chi connectivity index (χ2n) is 10.7. The summed E-state index contributed by atoms with van der Waals surface area (Å²) in [5, 5.41) is 20.3. The van der Waals surface area contributed by atoms with E-state index in [4.69, 9.17) is 22.5 Å². The maximum absolute atomic E-state index is 16.7. The zero-order valence-corrected chi connectivity index (χ0v) is 22.1. The number of carbonyl (C=O) groups excluding carboxylic acids is 1. The van der Waals surface area contributed by atoms with Gasteiger partial charge in [0.05, 0.1) is 17.3 Å². The molecule has 0 bridgehead atoms. The first-order chi connectivity index (χ1) is 19.3. The molecule has 2 aromatic carbocycles. The van der Waals surface area contributed by atoms with Crippen LogP contribution in [0, 0.1) is 28.6 Å². The fourth-order valence-corrected chi connectivity index (χ4v) is 6.01. The predicted molar refractivity (Wildman–Crippen MR) is 150 cm³/mol. The van der Waals surface area contributed by atoms with Crippen molar-refractivity contribution in [2.24, 2.45) is 23.1 Å². The Morgan fingerprint density at radius 2 is 1.93 bits per heavy atom. The average Bonchev–Trinajstić information content (AvgIpc) is 3.73. The Morgan fingerprint density at radius 3 is 2.55 bits per heavy atom. The van der Waals surface area contributed by atoms with Crippen LogP contribution in [0.3, 0.4) is 0 Å². The first-order valence-electron chi connectivity index (χ1n) is 13.4. The first-order valence-corrected chi connectivity index (χ1v) is 13.4. The molecule has 1 amide bonds. The Bertz CT molecular complexity index is 1480. The molecule has 0 aromatic heterocycles. The summed E-state index contributed by atoms with van der Waals surface area (Å²) in [6.45, 7) is 0.247. The Kier molecular flexibility index (Phi) is 7.20. The maximum atomic E-state index is 16.7. The van der Waals surface area contributed by atoms with Gasteiger partial charge in [-0.25, -0.2) is 4.39 Å². The van der Waals surface area contributed by atoms with Gasteiger partial charge >= 0.3 is 0 Å². The third kappa shape index (κ3) is 4.54. The van der Waals surface area contributed by atoms with Crippen LogP contribution in [0.5, 0.6) is 0 Å². The van der Waals surface area contributed by atoms with Crippen molar-refractivity contribution in [1.82, 2.24) is 5.43 Å². The van der Waals surface area contributed by atoms with Crippen LogP contribution in [-0.4, -0.2) is 23.2 Å². The van der Waals surface area contributed by atoms with Gasteiger partial charge in [-0.1, -0.05) is 42.5 Å². The van der Waals surface area contributed by atoms with Crippen LogP contribution in [-0.2, 0) is 11.3 Å². The van der Waals surface area contributed by atoms with E-state index in [1.54, 1.807) is 30.4 Å². The summed E-state index contributed by atoms with van der Waals surface area (Å²) in [5.41, 5.74) is 21.3. The Labute approximate surface area is 233 Å². The molecule has 0 radical (unpaired) electrons. The number of allylic oxidation sites excluding steroid dienone is 3. The molecule has 9 heteroatoms. The predicted octanol–water partition coefficient (Wildman–Crippen LogP) is 3.48. The smallest absolute Gasteiger partial charge is 0.251 e. The molecule has 3 aliphatic rings. The Morgan fingerprint density at radius 1 is 1.18 bits per heavy atom. The van der Waals surface area contributed by atoms with E-state index in [2.05, 4.69) is 11.5 Å². The van der Waals surface area contributed by atoms with Crippen molar-refractivity contribution in [1.29, 1.82) is 10.5 Å². The molecule has 40 heavy (non-hydrogen) atoms. The number of alkyl halides is 1. The molecule has 1 heterocycles. The minimum Gasteiger partial charge on any atom is -0.367 e. The summed E-state index contributed by atoms with van der Waals surface area (Å²) < 4.78 is 16.7. The monoisotopic (exact) mass is 537 g/mol. The molecule has 5 rings (SSSR count). The van der Waals surface area contributed by atoms with Gasteiger partial charge in [0.2, 0.25) is 0 Å². The normalized spacial score (nSPS) is 26.2. The number of primary amides is 1. The van der Waals surface area contributed by atoms with E-state index in [9.17, 15) is 10.1 Å². The van der Waals surface area contributed by atoms with E-state index < -0.39 is 23.2 Å². The van der Waals surface area contributed by atoms with Crippen LogP contribution < -0.4 is 27.6 Å². The van der Waals surface area contributed by atoms with Gasteiger partial charge in [0.15, 0.2) is 5.54 Å². The summed E-state index contributed by atoms with van der Waals surface area (Å²) in [6.07, 6.45) is 7.73. The standard InChI is InChI=1S/C31H32FN7O/c32-28-24(12-13-27(23-10-11-23)22-8-6-20(17-33)7-9-22)4-2-14-30(28,37)31(29(36)40)16-25(19-35)38-39(31)26-5-1-3-21(15-26)18-34/h1-9,14-16,23,27-28,38H,10-13,18,34,37H2,(H2,36,40). The zero-order valence-electron chi connectivity index (χ0n) is 22.1.